The molecule has 1 aliphatic heterocycles. The number of hydrogen-bond acceptors (Lipinski definition) is 8. The normalized spacial score (nSPS) is 15.7. The zero-order chi connectivity index (χ0) is 28.4. The Kier molecular flexibility index (Phi) is 7.94. The standard InChI is InChI=1S/C26H27FN6O5S2/c1-40(37,38)32-10-8-22(9-11-32)29-26-28-15-19-6-7-24(34)33(25(19)30-26)16-17-2-4-18(5-3-17)20-12-21(27)14-23(13-20)31-39(35)36/h2-7,12-15,22,31H,8-11,16H2,1H3,(H,35,36)(H,28,29,30)/p-1. The van der Waals surface area contributed by atoms with Crippen molar-refractivity contribution in [2.45, 2.75) is 25.4 Å². The van der Waals surface area contributed by atoms with Gasteiger partial charge in [0.25, 0.3) is 5.56 Å². The maximum Gasteiger partial charge on any atom is 0.252 e. The van der Waals surface area contributed by atoms with Crippen molar-refractivity contribution in [1.29, 1.82) is 0 Å². The Labute approximate surface area is 232 Å². The number of nitrogens with one attached hydrogen (secondary N) is 2. The fourth-order valence-corrected chi connectivity index (χ4v) is 5.89. The Morgan fingerprint density at radius 2 is 1.80 bits per heavy atom. The number of aromatic nitrogens is 3. The second-order valence-electron chi connectivity index (χ2n) is 9.57. The van der Waals surface area contributed by atoms with Gasteiger partial charge >= 0.3 is 0 Å². The van der Waals surface area contributed by atoms with Gasteiger partial charge < -0.3 is 14.6 Å². The molecule has 0 radical (unpaired) electrons. The van der Waals surface area contributed by atoms with Gasteiger partial charge in [-0.3, -0.25) is 13.6 Å². The Morgan fingerprint density at radius 3 is 2.48 bits per heavy atom. The van der Waals surface area contributed by atoms with Crippen LogP contribution in [-0.2, 0) is 27.8 Å². The van der Waals surface area contributed by atoms with Gasteiger partial charge in [-0.1, -0.05) is 24.3 Å². The van der Waals surface area contributed by atoms with E-state index in [9.17, 15) is 26.4 Å². The van der Waals surface area contributed by atoms with Crippen LogP contribution in [0, 0.1) is 5.82 Å². The summed E-state index contributed by atoms with van der Waals surface area (Å²) in [5.41, 5.74) is 2.29. The van der Waals surface area contributed by atoms with Crippen molar-refractivity contribution in [3.05, 3.63) is 82.5 Å². The number of sulfonamides is 1. The molecule has 14 heteroatoms. The third-order valence-electron chi connectivity index (χ3n) is 6.71. The van der Waals surface area contributed by atoms with E-state index in [1.165, 1.54) is 33.3 Å². The molecule has 0 bridgehead atoms. The molecule has 40 heavy (non-hydrogen) atoms. The van der Waals surface area contributed by atoms with Gasteiger partial charge in [-0.2, -0.15) is 4.98 Å². The molecule has 2 N–H and O–H groups in total. The molecule has 210 valence electrons. The van der Waals surface area contributed by atoms with Gasteiger partial charge in [-0.15, -0.1) is 0 Å². The van der Waals surface area contributed by atoms with E-state index in [0.29, 0.717) is 54.0 Å². The van der Waals surface area contributed by atoms with Crippen LogP contribution >= 0.6 is 0 Å². The van der Waals surface area contributed by atoms with Gasteiger partial charge in [0.05, 0.1) is 12.8 Å². The van der Waals surface area contributed by atoms with Crippen molar-refractivity contribution in [3.8, 4) is 11.1 Å². The van der Waals surface area contributed by atoms with E-state index in [-0.39, 0.29) is 23.8 Å². The summed E-state index contributed by atoms with van der Waals surface area (Å²) in [5, 5.41) is 3.95. The number of anilines is 2. The van der Waals surface area contributed by atoms with Crippen molar-refractivity contribution in [2.24, 2.45) is 0 Å². The lowest BCUT2D eigenvalue weighted by Crippen LogP contribution is -2.42. The molecule has 1 fully saturated rings. The lowest BCUT2D eigenvalue weighted by Gasteiger charge is -2.30. The van der Waals surface area contributed by atoms with Gasteiger partial charge in [0.2, 0.25) is 16.0 Å². The van der Waals surface area contributed by atoms with Gasteiger partial charge in [0.15, 0.2) is 0 Å². The van der Waals surface area contributed by atoms with E-state index in [1.54, 1.807) is 36.5 Å². The van der Waals surface area contributed by atoms with E-state index in [2.05, 4.69) is 20.0 Å². The molecule has 1 saturated heterocycles. The van der Waals surface area contributed by atoms with Crippen LogP contribution in [0.1, 0.15) is 18.4 Å². The molecule has 2 aromatic carbocycles. The molecule has 2 aromatic heterocycles. The van der Waals surface area contributed by atoms with Crippen LogP contribution in [0.5, 0.6) is 0 Å². The minimum Gasteiger partial charge on any atom is -0.755 e. The lowest BCUT2D eigenvalue weighted by atomic mass is 10.0. The summed E-state index contributed by atoms with van der Waals surface area (Å²) in [6.45, 7) is 1.05. The summed E-state index contributed by atoms with van der Waals surface area (Å²) >= 11 is -2.58. The fraction of sp³-hybridized carbons (Fsp3) is 0.269. The van der Waals surface area contributed by atoms with Crippen LogP contribution in [0.3, 0.4) is 0 Å². The third-order valence-corrected chi connectivity index (χ3v) is 8.41. The zero-order valence-electron chi connectivity index (χ0n) is 21.4. The first-order valence-electron chi connectivity index (χ1n) is 12.4. The maximum absolute atomic E-state index is 14.0. The van der Waals surface area contributed by atoms with E-state index in [4.69, 9.17) is 0 Å². The van der Waals surface area contributed by atoms with Crippen molar-refractivity contribution >= 4 is 44.0 Å². The maximum atomic E-state index is 14.0. The lowest BCUT2D eigenvalue weighted by molar-refractivity contribution is 0.331. The van der Waals surface area contributed by atoms with Gasteiger partial charge in [0.1, 0.15) is 11.5 Å². The number of nitrogens with zero attached hydrogens (tertiary/aromatic N) is 4. The number of benzene rings is 2. The van der Waals surface area contributed by atoms with E-state index in [0.717, 1.165) is 11.6 Å². The highest BCUT2D eigenvalue weighted by molar-refractivity contribution is 7.88. The Balaban J connectivity index is 1.36. The highest BCUT2D eigenvalue weighted by Crippen LogP contribution is 2.25. The summed E-state index contributed by atoms with van der Waals surface area (Å²) in [5.74, 6) is -0.226. The number of fused-ring (bicyclic) bond motifs is 1. The molecular weight excluding hydrogens is 559 g/mol. The highest BCUT2D eigenvalue weighted by Gasteiger charge is 2.25. The SMILES string of the molecule is CS(=O)(=O)N1CCC(Nc2ncc3ccc(=O)n(Cc4ccc(-c5cc(F)cc(NS(=O)[O-])c5)cc4)c3n2)CC1. The second kappa shape index (κ2) is 11.4. The molecule has 1 unspecified atom stereocenters. The second-order valence-corrected chi connectivity index (χ2v) is 12.2. The summed E-state index contributed by atoms with van der Waals surface area (Å²) in [6, 6.07) is 14.2. The Hall–Kier alpha value is -3.72. The predicted molar refractivity (Wildman–Crippen MR) is 150 cm³/mol. The molecule has 0 saturated carbocycles. The first-order chi connectivity index (χ1) is 19.0. The van der Waals surface area contributed by atoms with E-state index < -0.39 is 27.1 Å². The van der Waals surface area contributed by atoms with Crippen LogP contribution < -0.4 is 15.6 Å². The summed E-state index contributed by atoms with van der Waals surface area (Å²) in [4.78, 5) is 21.8. The average molecular weight is 586 g/mol. The predicted octanol–water partition coefficient (Wildman–Crippen LogP) is 2.69. The molecule has 1 aliphatic rings. The fourth-order valence-electron chi connectivity index (χ4n) is 4.70. The number of piperidine rings is 1. The van der Waals surface area contributed by atoms with E-state index >= 15 is 0 Å². The topological polar surface area (TPSA) is 149 Å². The van der Waals surface area contributed by atoms with Gasteiger partial charge in [0, 0.05) is 53.7 Å². The van der Waals surface area contributed by atoms with Gasteiger partial charge in [-0.05, 0) is 53.8 Å². The molecule has 0 amide bonds. The van der Waals surface area contributed by atoms with Crippen molar-refractivity contribution in [2.75, 3.05) is 29.4 Å². The third kappa shape index (κ3) is 6.53. The van der Waals surface area contributed by atoms with Crippen LogP contribution in [0.15, 0.2) is 65.6 Å². The van der Waals surface area contributed by atoms with E-state index in [1.807, 2.05) is 0 Å². The monoisotopic (exact) mass is 585 g/mol. The quantitative estimate of drug-likeness (QED) is 0.300. The van der Waals surface area contributed by atoms with Gasteiger partial charge in [-0.25, -0.2) is 22.1 Å². The first kappa shape index (κ1) is 27.8. The number of rotatable bonds is 8. The molecular formula is C26H26FN6O5S2-. The minimum atomic E-state index is -3.22. The van der Waals surface area contributed by atoms with Crippen LogP contribution in [0.25, 0.3) is 22.2 Å². The molecule has 11 nitrogen and oxygen atoms in total. The molecule has 4 aromatic rings. The molecule has 3 heterocycles. The number of halogens is 1. The average Bonchev–Trinajstić information content (AvgIpc) is 2.90. The smallest absolute Gasteiger partial charge is 0.252 e. The molecule has 5 rings (SSSR count). The summed E-state index contributed by atoms with van der Waals surface area (Å²) in [7, 11) is -3.22. The first-order valence-corrected chi connectivity index (χ1v) is 15.3. The molecule has 0 aliphatic carbocycles. The molecule has 0 spiro atoms. The summed E-state index contributed by atoms with van der Waals surface area (Å²) in [6.07, 6.45) is 4.07. The summed E-state index contributed by atoms with van der Waals surface area (Å²) < 4.78 is 64.6. The zero-order valence-corrected chi connectivity index (χ0v) is 23.0. The molecule has 1 atom stereocenters. The van der Waals surface area contributed by atoms with Crippen LogP contribution in [-0.4, -0.2) is 61.4 Å². The van der Waals surface area contributed by atoms with Crippen LogP contribution in [0.2, 0.25) is 0 Å². The largest absolute Gasteiger partial charge is 0.755 e. The van der Waals surface area contributed by atoms with Crippen molar-refractivity contribution in [3.63, 3.8) is 0 Å². The van der Waals surface area contributed by atoms with Crippen molar-refractivity contribution in [1.82, 2.24) is 18.8 Å². The van der Waals surface area contributed by atoms with Crippen LogP contribution in [0.4, 0.5) is 16.0 Å². The Morgan fingerprint density at radius 1 is 1.07 bits per heavy atom. The number of hydrogen-bond donors (Lipinski definition) is 2. The minimum absolute atomic E-state index is 0.000876. The Bertz CT molecular complexity index is 1740. The highest BCUT2D eigenvalue weighted by atomic mass is 32.2. The van der Waals surface area contributed by atoms with Crippen molar-refractivity contribution < 1.29 is 21.6 Å². The number of pyridine rings is 1.